The van der Waals surface area contributed by atoms with E-state index in [0.29, 0.717) is 31.2 Å². The van der Waals surface area contributed by atoms with E-state index in [1.165, 1.54) is 6.08 Å². The van der Waals surface area contributed by atoms with Crippen molar-refractivity contribution in [2.75, 3.05) is 65.1 Å². The van der Waals surface area contributed by atoms with E-state index in [9.17, 15) is 22.8 Å². The Kier molecular flexibility index (Phi) is 16.5. The highest BCUT2D eigenvalue weighted by Crippen LogP contribution is 2.30. The predicted molar refractivity (Wildman–Crippen MR) is 189 cm³/mol. The minimum absolute atomic E-state index is 0.0679. The molecular weight excluding hydrogens is 650 g/mol. The maximum Gasteiger partial charge on any atom is 0.408 e. The number of amides is 3. The first kappa shape index (κ1) is 38.9. The Balaban J connectivity index is 1.34. The molecule has 1 unspecified atom stereocenters. The van der Waals surface area contributed by atoms with Crippen LogP contribution in [0.4, 0.5) is 10.5 Å². The van der Waals surface area contributed by atoms with E-state index in [2.05, 4.69) is 27.3 Å². The van der Waals surface area contributed by atoms with E-state index >= 15 is 0 Å². The third-order valence-corrected chi connectivity index (χ3v) is 8.83. The minimum Gasteiger partial charge on any atom is -0.445 e. The molecule has 266 valence electrons. The van der Waals surface area contributed by atoms with Gasteiger partial charge in [0.15, 0.2) is 0 Å². The second-order valence-corrected chi connectivity index (χ2v) is 12.9. The molecule has 0 bridgehead atoms. The normalized spacial score (nSPS) is 11.8. The minimum atomic E-state index is -3.76. The van der Waals surface area contributed by atoms with Crippen LogP contribution in [0.5, 0.6) is 0 Å². The van der Waals surface area contributed by atoms with E-state index in [1.807, 2.05) is 67.5 Å². The van der Waals surface area contributed by atoms with Gasteiger partial charge in [-0.2, -0.15) is 0 Å². The second kappa shape index (κ2) is 20.8. The Morgan fingerprint density at radius 2 is 1.51 bits per heavy atom. The average molecular weight is 698 g/mol. The fourth-order valence-corrected chi connectivity index (χ4v) is 6.07. The number of hydrogen-bond donors (Lipinski definition) is 4. The summed E-state index contributed by atoms with van der Waals surface area (Å²) in [6.45, 7) is 5.01. The van der Waals surface area contributed by atoms with Crippen molar-refractivity contribution < 1.29 is 37.0 Å². The van der Waals surface area contributed by atoms with Crippen LogP contribution in [0.2, 0.25) is 0 Å². The number of benzene rings is 3. The quantitative estimate of drug-likeness (QED) is 0.0913. The van der Waals surface area contributed by atoms with Crippen LogP contribution in [-0.2, 0) is 40.4 Å². The third kappa shape index (κ3) is 13.5. The van der Waals surface area contributed by atoms with Gasteiger partial charge in [0.05, 0.1) is 31.3 Å². The van der Waals surface area contributed by atoms with Crippen molar-refractivity contribution in [2.24, 2.45) is 0 Å². The van der Waals surface area contributed by atoms with Crippen molar-refractivity contribution >= 4 is 44.4 Å². The first-order valence-corrected chi connectivity index (χ1v) is 17.6. The van der Waals surface area contributed by atoms with Gasteiger partial charge in [-0.1, -0.05) is 61.2 Å². The molecule has 49 heavy (non-hydrogen) atoms. The van der Waals surface area contributed by atoms with Crippen LogP contribution >= 0.6 is 0 Å². The number of carbonyl (C=O) groups is 3. The van der Waals surface area contributed by atoms with Crippen molar-refractivity contribution in [3.8, 4) is 0 Å². The molecule has 1 atom stereocenters. The first-order valence-electron chi connectivity index (χ1n) is 16.1. The summed E-state index contributed by atoms with van der Waals surface area (Å²) in [5, 5.41) is 9.55. The molecule has 13 nitrogen and oxygen atoms in total. The zero-order valence-corrected chi connectivity index (χ0v) is 28.9. The summed E-state index contributed by atoms with van der Waals surface area (Å²) < 4.78 is 45.0. The molecule has 0 saturated carbocycles. The molecule has 0 fully saturated rings. The van der Waals surface area contributed by atoms with E-state index in [0.717, 1.165) is 16.6 Å². The van der Waals surface area contributed by atoms with Gasteiger partial charge in [0.1, 0.15) is 12.6 Å². The highest BCUT2D eigenvalue weighted by Gasteiger charge is 2.21. The number of anilines is 1. The number of carbonyl (C=O) groups excluding carboxylic acids is 3. The van der Waals surface area contributed by atoms with Crippen molar-refractivity contribution in [1.82, 2.24) is 20.7 Å². The van der Waals surface area contributed by atoms with Crippen molar-refractivity contribution in [3.05, 3.63) is 84.9 Å². The lowest BCUT2D eigenvalue weighted by atomic mass is 10.1. The molecule has 3 aromatic rings. The number of nitrogens with one attached hydrogen (secondary N) is 4. The number of nitrogens with zero attached hydrogens (tertiary/aromatic N) is 1. The van der Waals surface area contributed by atoms with Gasteiger partial charge in [-0.05, 0) is 43.0 Å². The highest BCUT2D eigenvalue weighted by molar-refractivity contribution is 7.89. The summed E-state index contributed by atoms with van der Waals surface area (Å²) in [6, 6.07) is 19.1. The summed E-state index contributed by atoms with van der Waals surface area (Å²) in [6.07, 6.45) is 1.99. The van der Waals surface area contributed by atoms with E-state index in [4.69, 9.17) is 14.2 Å². The number of rotatable bonds is 22. The van der Waals surface area contributed by atoms with Crippen molar-refractivity contribution in [2.45, 2.75) is 36.8 Å². The van der Waals surface area contributed by atoms with Crippen molar-refractivity contribution in [1.29, 1.82) is 0 Å². The van der Waals surface area contributed by atoms with Gasteiger partial charge in [0.2, 0.25) is 21.8 Å². The molecule has 0 spiro atoms. The molecule has 0 aliphatic carbocycles. The van der Waals surface area contributed by atoms with Crippen LogP contribution in [0, 0.1) is 0 Å². The van der Waals surface area contributed by atoms with Gasteiger partial charge in [-0.3, -0.25) is 9.59 Å². The fourth-order valence-electron chi connectivity index (χ4n) is 4.84. The van der Waals surface area contributed by atoms with Gasteiger partial charge in [-0.25, -0.2) is 17.9 Å². The molecule has 0 aliphatic rings. The Morgan fingerprint density at radius 3 is 2.22 bits per heavy atom. The molecule has 0 heterocycles. The molecule has 4 N–H and O–H groups in total. The lowest BCUT2D eigenvalue weighted by molar-refractivity contribution is -0.123. The molecule has 14 heteroatoms. The average Bonchev–Trinajstić information content (AvgIpc) is 3.10. The summed E-state index contributed by atoms with van der Waals surface area (Å²) in [7, 11) is 0.0596. The van der Waals surface area contributed by atoms with Crippen LogP contribution in [0.15, 0.2) is 84.3 Å². The van der Waals surface area contributed by atoms with E-state index < -0.39 is 22.2 Å². The largest absolute Gasteiger partial charge is 0.445 e. The number of sulfonamides is 1. The SMILES string of the molecule is C=CC(=O)NCCCCC(NC(=O)OCc1ccccc1)C(=O)NCCOCCOCCNS(=O)(=O)c1cccc2c(N(C)C)cccc12. The van der Waals surface area contributed by atoms with Crippen LogP contribution in [0.1, 0.15) is 24.8 Å². The van der Waals surface area contributed by atoms with Crippen LogP contribution < -0.4 is 25.6 Å². The summed E-state index contributed by atoms with van der Waals surface area (Å²) in [5.41, 5.74) is 1.75. The number of unbranched alkanes of at least 4 members (excludes halogenated alkanes) is 1. The Morgan fingerprint density at radius 1 is 0.816 bits per heavy atom. The maximum atomic E-state index is 13.0. The van der Waals surface area contributed by atoms with Crippen LogP contribution in [0.25, 0.3) is 10.8 Å². The maximum absolute atomic E-state index is 13.0. The van der Waals surface area contributed by atoms with Gasteiger partial charge in [0.25, 0.3) is 0 Å². The fraction of sp³-hybridized carbons (Fsp3) is 0.400. The van der Waals surface area contributed by atoms with Gasteiger partial charge >= 0.3 is 6.09 Å². The lowest BCUT2D eigenvalue weighted by Crippen LogP contribution is -2.47. The summed E-state index contributed by atoms with van der Waals surface area (Å²) >= 11 is 0. The lowest BCUT2D eigenvalue weighted by Gasteiger charge is -2.18. The second-order valence-electron chi connectivity index (χ2n) is 11.2. The van der Waals surface area contributed by atoms with Gasteiger partial charge in [-0.15, -0.1) is 0 Å². The summed E-state index contributed by atoms with van der Waals surface area (Å²) in [4.78, 5) is 38.8. The topological polar surface area (TPSA) is 164 Å². The number of hydrogen-bond acceptors (Lipinski definition) is 9. The molecule has 3 rings (SSSR count). The molecule has 0 saturated heterocycles. The highest BCUT2D eigenvalue weighted by atomic mass is 32.2. The molecule has 0 aromatic heterocycles. The summed E-state index contributed by atoms with van der Waals surface area (Å²) in [5.74, 6) is -0.661. The van der Waals surface area contributed by atoms with Gasteiger partial charge < -0.3 is 35.1 Å². The van der Waals surface area contributed by atoms with Crippen LogP contribution in [-0.4, -0.2) is 92.5 Å². The van der Waals surface area contributed by atoms with E-state index in [-0.39, 0.29) is 62.8 Å². The first-order chi connectivity index (χ1) is 23.6. The Bertz CT molecular complexity index is 1620. The molecule has 0 aliphatic heterocycles. The Hall–Kier alpha value is -4.50. The smallest absolute Gasteiger partial charge is 0.408 e. The zero-order valence-electron chi connectivity index (χ0n) is 28.1. The number of ether oxygens (including phenoxy) is 3. The van der Waals surface area contributed by atoms with E-state index in [1.54, 1.807) is 18.2 Å². The monoisotopic (exact) mass is 697 g/mol. The Labute approximate surface area is 288 Å². The van der Waals surface area contributed by atoms with Gasteiger partial charge in [0, 0.05) is 50.2 Å². The zero-order chi connectivity index (χ0) is 35.5. The van der Waals surface area contributed by atoms with Crippen LogP contribution in [0.3, 0.4) is 0 Å². The standard InChI is InChI=1S/C35H47N5O8S/c1-4-33(41)36-19-9-8-16-30(39-35(43)48-26-27-12-6-5-7-13-27)34(42)37-20-22-46-24-25-47-23-21-38-49(44,45)32-18-11-14-28-29(32)15-10-17-31(28)40(2)3/h4-7,10-15,17-18,30,38H,1,8-9,16,19-26H2,2-3H3,(H,36,41)(H,37,42)(H,39,43). The number of alkyl carbamates (subject to hydrolysis) is 1. The predicted octanol–water partition coefficient (Wildman–Crippen LogP) is 3.10. The third-order valence-electron chi connectivity index (χ3n) is 7.31. The molecule has 3 aromatic carbocycles. The molecular formula is C35H47N5O8S. The van der Waals surface area contributed by atoms with Crippen molar-refractivity contribution in [3.63, 3.8) is 0 Å². The number of fused-ring (bicyclic) bond motifs is 1. The molecule has 0 radical (unpaired) electrons. The molecule has 3 amide bonds.